The molecule has 2 heterocycles. The van der Waals surface area contributed by atoms with Gasteiger partial charge in [0, 0.05) is 53.5 Å². The van der Waals surface area contributed by atoms with Crippen LogP contribution >= 0.6 is 0 Å². The Morgan fingerprint density at radius 1 is 1.08 bits per heavy atom. The molecule has 39 heavy (non-hydrogen) atoms. The number of aliphatic carboxylic acids is 1. The van der Waals surface area contributed by atoms with Gasteiger partial charge in [0.15, 0.2) is 5.82 Å². The third-order valence-electron chi connectivity index (χ3n) is 8.24. The number of anilines is 1. The zero-order valence-corrected chi connectivity index (χ0v) is 20.7. The molecule has 0 radical (unpaired) electrons. The molecule has 0 aliphatic heterocycles. The number of carbonyl (C=O) groups is 1. The van der Waals surface area contributed by atoms with Crippen LogP contribution in [0.25, 0.3) is 33.5 Å². The number of halogens is 2. The maximum Gasteiger partial charge on any atom is 0.307 e. The van der Waals surface area contributed by atoms with E-state index < -0.39 is 28.4 Å². The lowest BCUT2D eigenvalue weighted by Crippen LogP contribution is -2.46. The van der Waals surface area contributed by atoms with Crippen molar-refractivity contribution in [1.29, 1.82) is 0 Å². The number of non-ortho nitro benzene ring substituents is 1. The highest BCUT2D eigenvalue weighted by atomic mass is 19.1. The molecule has 200 valence electrons. The molecule has 3 N–H and O–H groups in total. The van der Waals surface area contributed by atoms with Gasteiger partial charge in [0.25, 0.3) is 5.69 Å². The number of carboxylic acids is 1. The minimum Gasteiger partial charge on any atom is -0.481 e. The molecule has 0 saturated heterocycles. The van der Waals surface area contributed by atoms with Crippen molar-refractivity contribution in [1.82, 2.24) is 15.0 Å². The van der Waals surface area contributed by atoms with E-state index in [0.29, 0.717) is 35.1 Å². The number of H-pyrrole nitrogens is 1. The summed E-state index contributed by atoms with van der Waals surface area (Å²) in [6.45, 7) is 0.408. The Morgan fingerprint density at radius 2 is 1.79 bits per heavy atom. The summed E-state index contributed by atoms with van der Waals surface area (Å²) in [6, 6.07) is 9.58. The average Bonchev–Trinajstić information content (AvgIpc) is 3.36. The van der Waals surface area contributed by atoms with Gasteiger partial charge in [-0.2, -0.15) is 0 Å². The first-order valence-corrected chi connectivity index (χ1v) is 12.9. The normalized spacial score (nSPS) is 22.2. The lowest BCUT2D eigenvalue weighted by molar-refractivity contribution is -0.384. The number of aromatic amines is 1. The molecule has 2 aromatic heterocycles. The summed E-state index contributed by atoms with van der Waals surface area (Å²) in [4.78, 5) is 34.8. The van der Waals surface area contributed by atoms with E-state index in [0.717, 1.165) is 31.7 Å². The van der Waals surface area contributed by atoms with E-state index in [4.69, 9.17) is 0 Å². The van der Waals surface area contributed by atoms with Crippen LogP contribution in [0, 0.1) is 45.4 Å². The highest BCUT2D eigenvalue weighted by molar-refractivity contribution is 5.94. The number of nitro groups is 1. The molecule has 3 fully saturated rings. The van der Waals surface area contributed by atoms with Gasteiger partial charge in [-0.1, -0.05) is 0 Å². The van der Waals surface area contributed by atoms with Crippen molar-refractivity contribution in [2.24, 2.45) is 23.7 Å². The smallest absolute Gasteiger partial charge is 0.307 e. The van der Waals surface area contributed by atoms with E-state index in [1.54, 1.807) is 18.2 Å². The van der Waals surface area contributed by atoms with Gasteiger partial charge in [0.05, 0.1) is 22.1 Å². The number of nitrogens with zero attached hydrogens (tertiary/aromatic N) is 3. The van der Waals surface area contributed by atoms with Crippen LogP contribution in [-0.2, 0) is 4.79 Å². The Hall–Kier alpha value is -4.41. The number of fused-ring (bicyclic) bond motifs is 4. The highest BCUT2D eigenvalue weighted by Gasteiger charge is 2.46. The third kappa shape index (κ3) is 4.58. The molecule has 9 nitrogen and oxygen atoms in total. The summed E-state index contributed by atoms with van der Waals surface area (Å²) < 4.78 is 28.5. The van der Waals surface area contributed by atoms with Crippen molar-refractivity contribution >= 4 is 28.4 Å². The molecule has 3 saturated carbocycles. The number of hydrogen-bond donors (Lipinski definition) is 3. The quantitative estimate of drug-likeness (QED) is 0.195. The molecule has 4 aromatic rings. The van der Waals surface area contributed by atoms with Crippen molar-refractivity contribution in [3.8, 4) is 22.6 Å². The summed E-state index contributed by atoms with van der Waals surface area (Å²) in [5, 5.41) is 24.6. The van der Waals surface area contributed by atoms with Crippen LogP contribution in [0.4, 0.5) is 20.3 Å². The van der Waals surface area contributed by atoms with E-state index in [-0.39, 0.29) is 34.3 Å². The largest absolute Gasteiger partial charge is 0.481 e. The van der Waals surface area contributed by atoms with Gasteiger partial charge in [-0.15, -0.1) is 0 Å². The van der Waals surface area contributed by atoms with Gasteiger partial charge in [-0.3, -0.25) is 14.9 Å². The average molecular weight is 534 g/mol. The summed E-state index contributed by atoms with van der Waals surface area (Å²) in [5.74, 6) is -1.60. The molecule has 2 atom stereocenters. The number of aromatic nitrogens is 3. The number of nitrogens with one attached hydrogen (secondary N) is 2. The van der Waals surface area contributed by atoms with Crippen molar-refractivity contribution in [2.45, 2.75) is 25.7 Å². The Labute approximate surface area is 221 Å². The molecule has 11 heteroatoms. The van der Waals surface area contributed by atoms with Gasteiger partial charge in [0.1, 0.15) is 17.5 Å². The summed E-state index contributed by atoms with van der Waals surface area (Å²) in [7, 11) is 0. The Kier molecular flexibility index (Phi) is 6.20. The number of rotatable bonds is 7. The Bertz CT molecular complexity index is 1580. The molecule has 1 unspecified atom stereocenters. The lowest BCUT2D eigenvalue weighted by Gasteiger charge is -2.46. The predicted molar refractivity (Wildman–Crippen MR) is 140 cm³/mol. The molecule has 2 aromatic carbocycles. The molecular formula is C28H25F2N5O4. The topological polar surface area (TPSA) is 134 Å². The number of nitro benzene ring substituents is 1. The maximum absolute atomic E-state index is 14.4. The van der Waals surface area contributed by atoms with E-state index in [1.165, 1.54) is 24.4 Å². The summed E-state index contributed by atoms with van der Waals surface area (Å²) in [6.07, 6.45) is 5.40. The third-order valence-corrected chi connectivity index (χ3v) is 8.24. The second-order valence-electron chi connectivity index (χ2n) is 10.4. The van der Waals surface area contributed by atoms with Crippen molar-refractivity contribution < 1.29 is 23.6 Å². The van der Waals surface area contributed by atoms with Crippen LogP contribution in [0.1, 0.15) is 25.7 Å². The Balaban J connectivity index is 1.40. The monoisotopic (exact) mass is 533 g/mol. The van der Waals surface area contributed by atoms with Crippen LogP contribution in [0.2, 0.25) is 0 Å². The van der Waals surface area contributed by atoms with E-state index in [9.17, 15) is 28.8 Å². The molecule has 0 amide bonds. The van der Waals surface area contributed by atoms with E-state index in [2.05, 4.69) is 20.3 Å². The molecule has 7 rings (SSSR count). The molecule has 0 spiro atoms. The first-order chi connectivity index (χ1) is 18.8. The fourth-order valence-electron chi connectivity index (χ4n) is 6.38. The lowest BCUT2D eigenvalue weighted by atomic mass is 9.58. The zero-order chi connectivity index (χ0) is 27.3. The van der Waals surface area contributed by atoms with E-state index >= 15 is 0 Å². The van der Waals surface area contributed by atoms with Gasteiger partial charge >= 0.3 is 5.97 Å². The molecule has 3 aliphatic carbocycles. The highest BCUT2D eigenvalue weighted by Crippen LogP contribution is 2.49. The predicted octanol–water partition coefficient (Wildman–Crippen LogP) is 6.03. The minimum atomic E-state index is -0.769. The van der Waals surface area contributed by atoms with Crippen molar-refractivity contribution in [2.75, 3.05) is 11.9 Å². The fourth-order valence-corrected chi connectivity index (χ4v) is 6.38. The SMILES string of the molecule is O=C(O)[C@@H]1C2CCC(CC2)C1CNc1cc(-c2ccc([N+](=O)[O-])cc2)nc(-c2c[nH]c3c(F)cc(F)cc23)n1. The maximum atomic E-state index is 14.4. The first-order valence-electron chi connectivity index (χ1n) is 12.9. The summed E-state index contributed by atoms with van der Waals surface area (Å²) >= 11 is 0. The number of hydrogen-bond acceptors (Lipinski definition) is 6. The van der Waals surface area contributed by atoms with Crippen LogP contribution in [-0.4, -0.2) is 37.5 Å². The van der Waals surface area contributed by atoms with Crippen molar-refractivity contribution in [3.05, 3.63) is 70.4 Å². The summed E-state index contributed by atoms with van der Waals surface area (Å²) in [5.41, 5.74) is 1.47. The molecule has 3 aliphatic rings. The number of benzene rings is 2. The van der Waals surface area contributed by atoms with Crippen LogP contribution in [0.15, 0.2) is 48.7 Å². The minimum absolute atomic E-state index is 0.0486. The fraction of sp³-hybridized carbons (Fsp3) is 0.321. The van der Waals surface area contributed by atoms with Crippen molar-refractivity contribution in [3.63, 3.8) is 0 Å². The molecular weight excluding hydrogens is 508 g/mol. The second-order valence-corrected chi connectivity index (χ2v) is 10.4. The van der Waals surface area contributed by atoms with Crippen LogP contribution < -0.4 is 5.32 Å². The standard InChI is InChI=1S/C28H25F2N5O4/c29-17-9-19-21(13-32-26(19)22(30)10-17)27-33-23(15-5-7-18(8-6-15)35(38)39)11-24(34-27)31-12-20-14-1-3-16(4-2-14)25(20)28(36)37/h5-11,13-14,16,20,25,32H,1-4,12H2,(H,36,37)(H,31,33,34)/t14?,16?,20?,25-/m1/s1. The Morgan fingerprint density at radius 3 is 2.49 bits per heavy atom. The van der Waals surface area contributed by atoms with Gasteiger partial charge < -0.3 is 15.4 Å². The van der Waals surface area contributed by atoms with Gasteiger partial charge in [0.2, 0.25) is 0 Å². The van der Waals surface area contributed by atoms with Crippen LogP contribution in [0.3, 0.4) is 0 Å². The van der Waals surface area contributed by atoms with E-state index in [1.807, 2.05) is 0 Å². The van der Waals surface area contributed by atoms with Crippen LogP contribution in [0.5, 0.6) is 0 Å². The van der Waals surface area contributed by atoms with Gasteiger partial charge in [-0.25, -0.2) is 18.7 Å². The molecule has 2 bridgehead atoms. The van der Waals surface area contributed by atoms with Gasteiger partial charge in [-0.05, 0) is 61.6 Å². The first kappa shape index (κ1) is 24.9. The second kappa shape index (κ2) is 9.72. The number of carboxylic acid groups (broad SMARTS) is 1. The zero-order valence-electron chi connectivity index (χ0n) is 20.7.